The predicted molar refractivity (Wildman–Crippen MR) is 63.6 cm³/mol. The molecule has 0 aliphatic rings. The van der Waals surface area contributed by atoms with E-state index in [4.69, 9.17) is 10.5 Å². The van der Waals surface area contributed by atoms with E-state index in [1.807, 2.05) is 0 Å². The Morgan fingerprint density at radius 3 is 2.53 bits per heavy atom. The number of aromatic amines is 1. The first-order chi connectivity index (χ1) is 7.69. The average Bonchev–Trinajstić information content (AvgIpc) is 2.08. The molecular weight excluding hydrogens is 222 g/mol. The van der Waals surface area contributed by atoms with E-state index in [1.54, 1.807) is 27.7 Å². The standard InChI is InChI=1S/C11H17N3O3/c1-6-13-9(12)7(10(16)14-6)5-8(15)17-11(2,3)4/h5H2,1-4H3,(H3,12,13,14,16). The number of anilines is 1. The maximum Gasteiger partial charge on any atom is 0.311 e. The van der Waals surface area contributed by atoms with Crippen molar-refractivity contribution in [2.75, 3.05) is 5.73 Å². The first-order valence-corrected chi connectivity index (χ1v) is 5.26. The number of aryl methyl sites for hydroxylation is 1. The van der Waals surface area contributed by atoms with Crippen molar-refractivity contribution in [3.8, 4) is 0 Å². The Kier molecular flexibility index (Phi) is 3.55. The van der Waals surface area contributed by atoms with E-state index in [2.05, 4.69) is 9.97 Å². The van der Waals surface area contributed by atoms with Crippen LogP contribution in [0.3, 0.4) is 0 Å². The Bertz CT molecular complexity index is 486. The van der Waals surface area contributed by atoms with E-state index >= 15 is 0 Å². The van der Waals surface area contributed by atoms with Gasteiger partial charge in [-0.25, -0.2) is 4.98 Å². The van der Waals surface area contributed by atoms with Crippen LogP contribution in [-0.2, 0) is 16.0 Å². The maximum absolute atomic E-state index is 11.6. The zero-order valence-electron chi connectivity index (χ0n) is 10.5. The highest BCUT2D eigenvalue weighted by atomic mass is 16.6. The van der Waals surface area contributed by atoms with Crippen LogP contribution in [0.25, 0.3) is 0 Å². The first-order valence-electron chi connectivity index (χ1n) is 5.26. The third kappa shape index (κ3) is 3.90. The SMILES string of the molecule is Cc1nc(N)c(CC(=O)OC(C)(C)C)c(=O)[nH]1. The van der Waals surface area contributed by atoms with Gasteiger partial charge in [-0.05, 0) is 27.7 Å². The lowest BCUT2D eigenvalue weighted by atomic mass is 10.1. The van der Waals surface area contributed by atoms with Gasteiger partial charge >= 0.3 is 5.97 Å². The van der Waals surface area contributed by atoms with Gasteiger partial charge in [-0.2, -0.15) is 0 Å². The first kappa shape index (κ1) is 13.2. The fourth-order valence-corrected chi connectivity index (χ4v) is 1.32. The lowest BCUT2D eigenvalue weighted by Crippen LogP contribution is -2.28. The second-order valence-corrected chi connectivity index (χ2v) is 4.78. The molecule has 0 atom stereocenters. The van der Waals surface area contributed by atoms with Gasteiger partial charge in [0.05, 0.1) is 12.0 Å². The van der Waals surface area contributed by atoms with E-state index in [0.29, 0.717) is 5.82 Å². The van der Waals surface area contributed by atoms with Gasteiger partial charge in [0.15, 0.2) is 0 Å². The molecule has 0 aliphatic carbocycles. The smallest absolute Gasteiger partial charge is 0.311 e. The summed E-state index contributed by atoms with van der Waals surface area (Å²) in [5.74, 6) is -0.0158. The summed E-state index contributed by atoms with van der Waals surface area (Å²) in [6.45, 7) is 6.89. The average molecular weight is 239 g/mol. The fraction of sp³-hybridized carbons (Fsp3) is 0.545. The summed E-state index contributed by atoms with van der Waals surface area (Å²) in [6, 6.07) is 0. The minimum atomic E-state index is -0.587. The second kappa shape index (κ2) is 4.57. The summed E-state index contributed by atoms with van der Waals surface area (Å²) in [4.78, 5) is 29.5. The number of nitrogen functional groups attached to an aromatic ring is 1. The molecule has 1 heterocycles. The van der Waals surface area contributed by atoms with Crippen molar-refractivity contribution in [2.45, 2.75) is 39.7 Å². The van der Waals surface area contributed by atoms with Crippen molar-refractivity contribution < 1.29 is 9.53 Å². The minimum Gasteiger partial charge on any atom is -0.460 e. The normalized spacial score (nSPS) is 11.3. The number of aromatic nitrogens is 2. The van der Waals surface area contributed by atoms with E-state index in [1.165, 1.54) is 0 Å². The van der Waals surface area contributed by atoms with Gasteiger partial charge in [0.25, 0.3) is 5.56 Å². The molecule has 3 N–H and O–H groups in total. The molecule has 0 unspecified atom stereocenters. The van der Waals surface area contributed by atoms with Gasteiger partial charge in [-0.1, -0.05) is 0 Å². The Balaban J connectivity index is 2.90. The van der Waals surface area contributed by atoms with Gasteiger partial charge in [0, 0.05) is 0 Å². The van der Waals surface area contributed by atoms with Crippen molar-refractivity contribution in [3.63, 3.8) is 0 Å². The molecule has 0 amide bonds. The molecule has 6 nitrogen and oxygen atoms in total. The number of H-pyrrole nitrogens is 1. The highest BCUT2D eigenvalue weighted by Gasteiger charge is 2.19. The van der Waals surface area contributed by atoms with E-state index in [-0.39, 0.29) is 17.8 Å². The van der Waals surface area contributed by atoms with Crippen LogP contribution < -0.4 is 11.3 Å². The number of nitrogens with zero attached hydrogens (tertiary/aromatic N) is 1. The monoisotopic (exact) mass is 239 g/mol. The van der Waals surface area contributed by atoms with Gasteiger partial charge in [-0.3, -0.25) is 9.59 Å². The van der Waals surface area contributed by atoms with Crippen molar-refractivity contribution in [2.24, 2.45) is 0 Å². The zero-order chi connectivity index (χ0) is 13.2. The van der Waals surface area contributed by atoms with Crippen molar-refractivity contribution in [1.82, 2.24) is 9.97 Å². The van der Waals surface area contributed by atoms with Crippen LogP contribution in [0, 0.1) is 6.92 Å². The quantitative estimate of drug-likeness (QED) is 0.734. The number of carbonyl (C=O) groups excluding carboxylic acids is 1. The Hall–Kier alpha value is -1.85. The number of nitrogens with one attached hydrogen (secondary N) is 1. The number of carbonyl (C=O) groups is 1. The predicted octanol–water partition coefficient (Wildman–Crippen LogP) is 0.545. The van der Waals surface area contributed by atoms with Gasteiger partial charge in [0.1, 0.15) is 17.2 Å². The lowest BCUT2D eigenvalue weighted by molar-refractivity contribution is -0.153. The molecule has 94 valence electrons. The third-order valence-corrected chi connectivity index (χ3v) is 1.91. The third-order valence-electron chi connectivity index (χ3n) is 1.91. The molecule has 1 rings (SSSR count). The highest BCUT2D eigenvalue weighted by molar-refractivity contribution is 5.74. The number of nitrogens with two attached hydrogens (primary N) is 1. The van der Waals surface area contributed by atoms with Gasteiger partial charge < -0.3 is 15.5 Å². The summed E-state index contributed by atoms with van der Waals surface area (Å²) in [6.07, 6.45) is -0.175. The summed E-state index contributed by atoms with van der Waals surface area (Å²) >= 11 is 0. The van der Waals surface area contributed by atoms with Crippen LogP contribution in [0.15, 0.2) is 4.79 Å². The van der Waals surface area contributed by atoms with Crippen LogP contribution in [-0.4, -0.2) is 21.5 Å². The molecule has 0 aromatic carbocycles. The van der Waals surface area contributed by atoms with Crippen molar-refractivity contribution in [3.05, 3.63) is 21.7 Å². The number of hydrogen-bond acceptors (Lipinski definition) is 5. The highest BCUT2D eigenvalue weighted by Crippen LogP contribution is 2.10. The molecule has 0 saturated heterocycles. The van der Waals surface area contributed by atoms with Crippen molar-refractivity contribution in [1.29, 1.82) is 0 Å². The number of hydrogen-bond donors (Lipinski definition) is 2. The van der Waals surface area contributed by atoms with Crippen LogP contribution >= 0.6 is 0 Å². The molecule has 1 aromatic heterocycles. The molecule has 1 aromatic rings. The van der Waals surface area contributed by atoms with Crippen LogP contribution in [0.5, 0.6) is 0 Å². The summed E-state index contributed by atoms with van der Waals surface area (Å²) in [5.41, 5.74) is 4.75. The van der Waals surface area contributed by atoms with Crippen LogP contribution in [0.4, 0.5) is 5.82 Å². The summed E-state index contributed by atoms with van der Waals surface area (Å²) < 4.78 is 5.11. The summed E-state index contributed by atoms with van der Waals surface area (Å²) in [7, 11) is 0. The molecule has 0 fully saturated rings. The molecule has 6 heteroatoms. The van der Waals surface area contributed by atoms with E-state index in [0.717, 1.165) is 0 Å². The molecule has 0 bridgehead atoms. The molecule has 0 saturated carbocycles. The topological polar surface area (TPSA) is 98.1 Å². The molecule has 17 heavy (non-hydrogen) atoms. The van der Waals surface area contributed by atoms with E-state index in [9.17, 15) is 9.59 Å². The second-order valence-electron chi connectivity index (χ2n) is 4.78. The minimum absolute atomic E-state index is 0.0668. The Labute approximate surface area is 99.2 Å². The van der Waals surface area contributed by atoms with Gasteiger partial charge in [0.2, 0.25) is 0 Å². The van der Waals surface area contributed by atoms with Crippen molar-refractivity contribution >= 4 is 11.8 Å². The number of rotatable bonds is 2. The number of esters is 1. The fourth-order valence-electron chi connectivity index (χ4n) is 1.32. The van der Waals surface area contributed by atoms with E-state index < -0.39 is 17.1 Å². The van der Waals surface area contributed by atoms with Crippen LogP contribution in [0.2, 0.25) is 0 Å². The summed E-state index contributed by atoms with van der Waals surface area (Å²) in [5, 5.41) is 0. The Morgan fingerprint density at radius 2 is 2.06 bits per heavy atom. The lowest BCUT2D eigenvalue weighted by Gasteiger charge is -2.19. The molecular formula is C11H17N3O3. The number of ether oxygens (including phenoxy) is 1. The molecule has 0 aliphatic heterocycles. The maximum atomic E-state index is 11.6. The zero-order valence-corrected chi connectivity index (χ0v) is 10.5. The molecule has 0 spiro atoms. The van der Waals surface area contributed by atoms with Crippen LogP contribution in [0.1, 0.15) is 32.2 Å². The molecule has 0 radical (unpaired) electrons. The largest absolute Gasteiger partial charge is 0.460 e. The van der Waals surface area contributed by atoms with Gasteiger partial charge in [-0.15, -0.1) is 0 Å². The Morgan fingerprint density at radius 1 is 1.47 bits per heavy atom.